The Kier molecular flexibility index (Phi) is 6.00. The van der Waals surface area contributed by atoms with Crippen LogP contribution >= 0.6 is 0 Å². The summed E-state index contributed by atoms with van der Waals surface area (Å²) >= 11 is 0. The van der Waals surface area contributed by atoms with Gasteiger partial charge in [-0.15, -0.1) is 0 Å². The summed E-state index contributed by atoms with van der Waals surface area (Å²) in [6, 6.07) is 15.1. The van der Waals surface area contributed by atoms with Crippen LogP contribution in [0, 0.1) is 5.92 Å². The number of fused-ring (bicyclic) bond motifs is 1. The number of hydrogen-bond donors (Lipinski definition) is 1. The van der Waals surface area contributed by atoms with Gasteiger partial charge >= 0.3 is 0 Å². The highest BCUT2D eigenvalue weighted by atomic mass is 16.5. The normalized spacial score (nSPS) is 26.0. The van der Waals surface area contributed by atoms with E-state index in [1.807, 2.05) is 60.4 Å². The smallest absolute Gasteiger partial charge is 0.258 e. The number of para-hydroxylation sites is 2. The molecule has 1 aliphatic carbocycles. The van der Waals surface area contributed by atoms with E-state index in [1.165, 1.54) is 0 Å². The summed E-state index contributed by atoms with van der Waals surface area (Å²) in [5, 5.41) is 11.5. The Morgan fingerprint density at radius 3 is 2.60 bits per heavy atom. The van der Waals surface area contributed by atoms with Gasteiger partial charge < -0.3 is 19.5 Å². The van der Waals surface area contributed by atoms with Gasteiger partial charge in [-0.2, -0.15) is 0 Å². The van der Waals surface area contributed by atoms with Crippen molar-refractivity contribution in [3.8, 4) is 11.5 Å². The zero-order valence-electron chi connectivity index (χ0n) is 17.8. The number of nitrogens with zero attached hydrogens (tertiary/aromatic N) is 1. The molecule has 3 atom stereocenters. The predicted octanol–water partition coefficient (Wildman–Crippen LogP) is 4.60. The Bertz CT molecular complexity index is 898. The lowest BCUT2D eigenvalue weighted by molar-refractivity contribution is -0.115. The molecule has 2 fully saturated rings. The van der Waals surface area contributed by atoms with Gasteiger partial charge in [-0.3, -0.25) is 4.79 Å². The maximum absolute atomic E-state index is 13.7. The second-order valence-corrected chi connectivity index (χ2v) is 8.32. The van der Waals surface area contributed by atoms with E-state index in [4.69, 9.17) is 9.47 Å². The molecule has 2 aliphatic rings. The first-order valence-electron chi connectivity index (χ1n) is 11.0. The van der Waals surface area contributed by atoms with E-state index in [2.05, 4.69) is 0 Å². The number of amides is 1. The number of hydrogen-bond acceptors (Lipinski definition) is 4. The summed E-state index contributed by atoms with van der Waals surface area (Å²) in [6.07, 6.45) is 4.40. The molecule has 1 saturated carbocycles. The van der Waals surface area contributed by atoms with Gasteiger partial charge in [0, 0.05) is 18.0 Å². The third-order valence-corrected chi connectivity index (χ3v) is 6.70. The van der Waals surface area contributed by atoms with Crippen LogP contribution < -0.4 is 9.47 Å². The van der Waals surface area contributed by atoms with Crippen molar-refractivity contribution in [3.05, 3.63) is 59.7 Å². The summed E-state index contributed by atoms with van der Waals surface area (Å²) in [6.45, 7) is 3.03. The predicted molar refractivity (Wildman–Crippen MR) is 116 cm³/mol. The van der Waals surface area contributed by atoms with E-state index >= 15 is 0 Å². The lowest BCUT2D eigenvalue weighted by atomic mass is 9.66. The van der Waals surface area contributed by atoms with E-state index < -0.39 is 5.60 Å². The largest absolute Gasteiger partial charge is 0.496 e. The highest BCUT2D eigenvalue weighted by molar-refractivity contribution is 5.97. The third kappa shape index (κ3) is 3.67. The SMILES string of the molecule is CCOc1ccccc1C1C2CCCCC2(O)CCN1C(=O)c1ccccc1OC. The number of piperidine rings is 1. The average Bonchev–Trinajstić information content (AvgIpc) is 2.78. The summed E-state index contributed by atoms with van der Waals surface area (Å²) in [4.78, 5) is 15.7. The van der Waals surface area contributed by atoms with E-state index in [0.29, 0.717) is 30.9 Å². The maximum Gasteiger partial charge on any atom is 0.258 e. The number of likely N-dealkylation sites (tertiary alicyclic amines) is 1. The number of ether oxygens (including phenoxy) is 2. The highest BCUT2D eigenvalue weighted by Crippen LogP contribution is 2.51. The molecule has 2 aromatic carbocycles. The van der Waals surface area contributed by atoms with Crippen LogP contribution in [-0.2, 0) is 0 Å². The molecule has 0 spiro atoms. The van der Waals surface area contributed by atoms with Crippen LogP contribution in [0.4, 0.5) is 0 Å². The van der Waals surface area contributed by atoms with Gasteiger partial charge in [-0.25, -0.2) is 0 Å². The number of carbonyl (C=O) groups is 1. The first kappa shape index (κ1) is 20.7. The summed E-state index contributed by atoms with van der Waals surface area (Å²) < 4.78 is 11.4. The fourth-order valence-corrected chi connectivity index (χ4v) is 5.28. The van der Waals surface area contributed by atoms with Crippen molar-refractivity contribution in [2.24, 2.45) is 5.92 Å². The highest BCUT2D eigenvalue weighted by Gasteiger charge is 2.51. The number of benzene rings is 2. The lowest BCUT2D eigenvalue weighted by Gasteiger charge is -2.52. The molecule has 1 amide bonds. The maximum atomic E-state index is 13.7. The fraction of sp³-hybridized carbons (Fsp3) is 0.480. The third-order valence-electron chi connectivity index (χ3n) is 6.70. The molecule has 0 radical (unpaired) electrons. The van der Waals surface area contributed by atoms with Crippen molar-refractivity contribution < 1.29 is 19.4 Å². The Hall–Kier alpha value is -2.53. The number of methoxy groups -OCH3 is 1. The molecule has 0 bridgehead atoms. The van der Waals surface area contributed by atoms with E-state index in [0.717, 1.165) is 37.0 Å². The summed E-state index contributed by atoms with van der Waals surface area (Å²) in [5.74, 6) is 1.29. The number of carbonyl (C=O) groups excluding carboxylic acids is 1. The standard InChI is InChI=1S/C25H31NO4/c1-3-30-22-14-7-4-10-18(22)23-20-12-8-9-15-25(20,28)16-17-26(23)24(27)19-11-5-6-13-21(19)29-2/h4-7,10-11,13-14,20,23,28H,3,8-9,12,15-17H2,1-2H3. The molecule has 1 saturated heterocycles. The van der Waals surface area contributed by atoms with Crippen LogP contribution in [0.5, 0.6) is 11.5 Å². The van der Waals surface area contributed by atoms with E-state index in [9.17, 15) is 9.90 Å². The number of rotatable bonds is 5. The Balaban J connectivity index is 1.80. The van der Waals surface area contributed by atoms with Gasteiger partial charge in [-0.1, -0.05) is 43.2 Å². The van der Waals surface area contributed by atoms with Gasteiger partial charge in [-0.05, 0) is 44.4 Å². The molecule has 0 aromatic heterocycles. The van der Waals surface area contributed by atoms with Gasteiger partial charge in [0.15, 0.2) is 0 Å². The van der Waals surface area contributed by atoms with Crippen molar-refractivity contribution >= 4 is 5.91 Å². The molecule has 1 aliphatic heterocycles. The van der Waals surface area contributed by atoms with Crippen molar-refractivity contribution in [2.75, 3.05) is 20.3 Å². The van der Waals surface area contributed by atoms with E-state index in [1.54, 1.807) is 7.11 Å². The molecule has 1 N–H and O–H groups in total. The molecule has 3 unspecified atom stereocenters. The first-order valence-corrected chi connectivity index (χ1v) is 11.0. The minimum Gasteiger partial charge on any atom is -0.496 e. The topological polar surface area (TPSA) is 59.0 Å². The second-order valence-electron chi connectivity index (χ2n) is 8.32. The molecule has 5 nitrogen and oxygen atoms in total. The van der Waals surface area contributed by atoms with Crippen molar-refractivity contribution in [2.45, 2.75) is 50.7 Å². The molecule has 2 aromatic rings. The molecule has 160 valence electrons. The zero-order valence-corrected chi connectivity index (χ0v) is 17.8. The lowest BCUT2D eigenvalue weighted by Crippen LogP contribution is -2.56. The van der Waals surface area contributed by atoms with Gasteiger partial charge in [0.05, 0.1) is 30.9 Å². The van der Waals surface area contributed by atoms with Gasteiger partial charge in [0.1, 0.15) is 11.5 Å². The zero-order chi connectivity index (χ0) is 21.1. The Labute approximate surface area is 178 Å². The van der Waals surface area contributed by atoms with Crippen LogP contribution in [0.3, 0.4) is 0 Å². The molecule has 4 rings (SSSR count). The molecular weight excluding hydrogens is 378 g/mol. The summed E-state index contributed by atoms with van der Waals surface area (Å²) in [7, 11) is 1.59. The monoisotopic (exact) mass is 409 g/mol. The van der Waals surface area contributed by atoms with Crippen molar-refractivity contribution in [1.29, 1.82) is 0 Å². The Morgan fingerprint density at radius 2 is 1.83 bits per heavy atom. The quantitative estimate of drug-likeness (QED) is 0.784. The van der Waals surface area contributed by atoms with Crippen LogP contribution in [0.1, 0.15) is 61.0 Å². The fourth-order valence-electron chi connectivity index (χ4n) is 5.28. The van der Waals surface area contributed by atoms with Crippen molar-refractivity contribution in [1.82, 2.24) is 4.90 Å². The van der Waals surface area contributed by atoms with Crippen LogP contribution in [-0.4, -0.2) is 41.8 Å². The molecule has 5 heteroatoms. The van der Waals surface area contributed by atoms with Crippen LogP contribution in [0.25, 0.3) is 0 Å². The summed E-state index contributed by atoms with van der Waals surface area (Å²) in [5.41, 5.74) is 0.799. The minimum absolute atomic E-state index is 0.0136. The second kappa shape index (κ2) is 8.68. The van der Waals surface area contributed by atoms with Crippen molar-refractivity contribution in [3.63, 3.8) is 0 Å². The first-order chi connectivity index (χ1) is 14.6. The molecule has 30 heavy (non-hydrogen) atoms. The van der Waals surface area contributed by atoms with E-state index in [-0.39, 0.29) is 17.9 Å². The number of aliphatic hydroxyl groups is 1. The van der Waals surface area contributed by atoms with Gasteiger partial charge in [0.2, 0.25) is 0 Å². The molecular formula is C25H31NO4. The molecule has 1 heterocycles. The van der Waals surface area contributed by atoms with Gasteiger partial charge in [0.25, 0.3) is 5.91 Å². The average molecular weight is 410 g/mol. The van der Waals surface area contributed by atoms with Crippen LogP contribution in [0.15, 0.2) is 48.5 Å². The van der Waals surface area contributed by atoms with Crippen LogP contribution in [0.2, 0.25) is 0 Å². The minimum atomic E-state index is -0.736. The Morgan fingerprint density at radius 1 is 1.10 bits per heavy atom.